The molecule has 0 spiro atoms. The number of carbonyl (C=O) groups is 4. The predicted octanol–water partition coefficient (Wildman–Crippen LogP) is 23.4. The Balaban J connectivity index is 0.000000179. The lowest BCUT2D eigenvalue weighted by molar-refractivity contribution is 0.103. The number of ketones is 4. The van der Waals surface area contributed by atoms with Crippen molar-refractivity contribution in [1.29, 1.82) is 0 Å². The summed E-state index contributed by atoms with van der Waals surface area (Å²) in [5, 5.41) is 14.5. The number of carbonyl (C=O) groups excluding carboxylic acids is 4. The molecule has 27 nitrogen and oxygen atoms in total. The van der Waals surface area contributed by atoms with Gasteiger partial charge in [-0.3, -0.25) is 19.2 Å². The van der Waals surface area contributed by atoms with Crippen LogP contribution in [0.3, 0.4) is 0 Å². The maximum atomic E-state index is 12.8. The van der Waals surface area contributed by atoms with E-state index in [1.807, 2.05) is 261 Å². The van der Waals surface area contributed by atoms with Crippen LogP contribution in [0, 0.1) is 0 Å². The number of hydrogen-bond acceptors (Lipinski definition) is 25. The van der Waals surface area contributed by atoms with E-state index in [0.717, 1.165) is 89.1 Å². The number of aromatic nitrogens is 2. The molecule has 0 unspecified atom stereocenters. The van der Waals surface area contributed by atoms with Crippen LogP contribution in [0.15, 0.2) is 286 Å². The van der Waals surface area contributed by atoms with E-state index < -0.39 is 0 Å². The first-order valence-electron chi connectivity index (χ1n) is 43.7. The molecule has 7 N–H and O–H groups in total. The minimum absolute atomic E-state index is 0.0484. The van der Waals surface area contributed by atoms with Gasteiger partial charge in [0.1, 0.15) is 5.75 Å². The van der Waals surface area contributed by atoms with E-state index in [-0.39, 0.29) is 23.1 Å². The van der Waals surface area contributed by atoms with Gasteiger partial charge in [-0.15, -0.1) is 0 Å². The molecule has 0 aliphatic rings. The summed E-state index contributed by atoms with van der Waals surface area (Å²) in [6.07, 6.45) is 31.9. The van der Waals surface area contributed by atoms with E-state index in [4.69, 9.17) is 81.5 Å². The molecule has 0 atom stereocenters. The summed E-state index contributed by atoms with van der Waals surface area (Å²) in [7, 11) is 27.0. The Hall–Kier alpha value is -17.9. The minimum Gasteiger partial charge on any atom is -0.495 e. The number of nitrogens with one attached hydrogen (secondary N) is 5. The number of methoxy groups -OCH3 is 16. The van der Waals surface area contributed by atoms with Gasteiger partial charge in [-0.1, -0.05) is 134 Å². The van der Waals surface area contributed by atoms with Crippen molar-refractivity contribution in [2.45, 2.75) is 0 Å². The maximum absolute atomic E-state index is 12.8. The summed E-state index contributed by atoms with van der Waals surface area (Å²) in [6.45, 7) is 0. The van der Waals surface area contributed by atoms with Gasteiger partial charge in [0.15, 0.2) is 80.6 Å². The molecular weight excluding hydrogens is 1780 g/mol. The van der Waals surface area contributed by atoms with Gasteiger partial charge in [0, 0.05) is 135 Å². The average Bonchev–Trinajstić information content (AvgIpc) is 1.64. The second-order valence-electron chi connectivity index (χ2n) is 30.3. The topological polar surface area (TPSA) is 311 Å². The molecule has 14 rings (SSSR count). The second kappa shape index (κ2) is 51.6. The molecule has 0 aliphatic heterocycles. The van der Waals surface area contributed by atoms with Gasteiger partial charge in [0.25, 0.3) is 0 Å². The molecule has 0 fully saturated rings. The summed E-state index contributed by atoms with van der Waals surface area (Å²) in [6, 6.07) is 70.2. The molecule has 0 amide bonds. The summed E-state index contributed by atoms with van der Waals surface area (Å²) in [5.41, 5.74) is 21.5. The Morgan fingerprint density at radius 2 is 0.557 bits per heavy atom. The third-order valence-electron chi connectivity index (χ3n) is 21.6. The highest BCUT2D eigenvalue weighted by Crippen LogP contribution is 2.44. The molecule has 0 radical (unpaired) electrons. The summed E-state index contributed by atoms with van der Waals surface area (Å²) in [4.78, 5) is 53.6. The fourth-order valence-corrected chi connectivity index (χ4v) is 14.6. The molecule has 140 heavy (non-hydrogen) atoms. The van der Waals surface area contributed by atoms with Crippen molar-refractivity contribution in [1.82, 2.24) is 9.55 Å². The average molecular weight is 1890 g/mol. The van der Waals surface area contributed by atoms with Crippen molar-refractivity contribution in [3.63, 3.8) is 0 Å². The Morgan fingerprint density at radius 3 is 0.879 bits per heavy atom. The van der Waals surface area contributed by atoms with Crippen LogP contribution in [-0.4, -0.2) is 146 Å². The third-order valence-corrected chi connectivity index (χ3v) is 21.6. The highest BCUT2D eigenvalue weighted by atomic mass is 16.6. The number of nitrogens with two attached hydrogens (primary N) is 1. The number of aryl methyl sites for hydroxylation is 1. The molecule has 2 aromatic heterocycles. The van der Waals surface area contributed by atoms with Crippen molar-refractivity contribution in [3.05, 3.63) is 353 Å². The number of ether oxygens (including phenoxy) is 16. The van der Waals surface area contributed by atoms with Gasteiger partial charge in [-0.25, -0.2) is 0 Å². The van der Waals surface area contributed by atoms with Gasteiger partial charge in [0.05, 0.1) is 119 Å². The summed E-state index contributed by atoms with van der Waals surface area (Å²) >= 11 is 0. The smallest absolute Gasteiger partial charge is 0.203 e. The fourth-order valence-electron chi connectivity index (χ4n) is 14.6. The Labute approximate surface area is 814 Å². The molecule has 12 aromatic carbocycles. The van der Waals surface area contributed by atoms with Crippen LogP contribution >= 0.6 is 0 Å². The summed E-state index contributed by atoms with van der Waals surface area (Å²) < 4.78 is 87.9. The standard InChI is InChI=1S/C29H28N2O4.C29H31NO7.C28H26N2O4.C27H28N2O5/c1-31-19-24(23-10-5-6-11-25(23)31)26(32)14-15-30-22-9-7-8-20(16-22)12-13-21-17-27(33-2)29(35-4)28(18-21)34-3;1-32-24-15-20(16-25(33-2)28(24)36-5)11-10-19-8-7-9-22(14-19)30-13-12-23(31)21-17-26(34-3)29(37-6)27(18-21)35-4;1-32-26-16-20(17-27(33-2)28(26)34-3)12-11-19-7-6-8-21(15-19)29-14-13-25(31)23-18-30-24-10-5-4-9-22(23)24;1-31-24-11-10-20(17-22(24)28)23(30)12-13-29-21-7-5-6-18(14-21)8-9-19-15-25(32-2)27(34-4)26(16-19)33-3/h5-19,30H,1-4H3;7-18,30H,1-6H3;4-18,29-30H,1-3H3;5-17,29H,28H2,1-4H3/b13-12-,15-14-;11-10-,13-12-;12-11-,14-13-;9-8-,13-12-. The van der Waals surface area contributed by atoms with Crippen LogP contribution in [0.2, 0.25) is 0 Å². The highest BCUT2D eigenvalue weighted by Gasteiger charge is 2.21. The molecule has 0 saturated heterocycles. The fraction of sp³-hybridized carbons (Fsp3) is 0.150. The first-order chi connectivity index (χ1) is 68.1. The zero-order valence-corrected chi connectivity index (χ0v) is 80.9. The lowest BCUT2D eigenvalue weighted by atomic mass is 10.1. The van der Waals surface area contributed by atoms with E-state index in [1.54, 1.807) is 153 Å². The first-order valence-corrected chi connectivity index (χ1v) is 43.7. The number of nitrogen functional groups attached to an aromatic ring is 1. The van der Waals surface area contributed by atoms with Crippen molar-refractivity contribution in [2.24, 2.45) is 7.05 Å². The van der Waals surface area contributed by atoms with Crippen LogP contribution < -0.4 is 103 Å². The maximum Gasteiger partial charge on any atom is 0.203 e. The summed E-state index contributed by atoms with van der Waals surface area (Å²) in [5.74, 6) is 8.25. The molecule has 0 bridgehead atoms. The van der Waals surface area contributed by atoms with E-state index in [2.05, 4.69) is 26.3 Å². The molecule has 27 heteroatoms. The number of fused-ring (bicyclic) bond motifs is 2. The minimum atomic E-state index is -0.217. The Kier molecular flexibility index (Phi) is 37.8. The number of nitrogens with zero attached hydrogens (tertiary/aromatic N) is 1. The van der Waals surface area contributed by atoms with Crippen molar-refractivity contribution < 1.29 is 95.0 Å². The number of hydrogen-bond donors (Lipinski definition) is 6. The van der Waals surface area contributed by atoms with Crippen LogP contribution in [0.1, 0.15) is 85.9 Å². The van der Waals surface area contributed by atoms with Crippen LogP contribution in [0.4, 0.5) is 28.4 Å². The third kappa shape index (κ3) is 27.2. The van der Waals surface area contributed by atoms with Crippen molar-refractivity contribution in [2.75, 3.05) is 141 Å². The zero-order chi connectivity index (χ0) is 100.0. The van der Waals surface area contributed by atoms with Crippen LogP contribution in [0.25, 0.3) is 70.4 Å². The molecule has 0 aliphatic carbocycles. The number of H-pyrrole nitrogens is 1. The van der Waals surface area contributed by atoms with Gasteiger partial charge < -0.3 is 112 Å². The van der Waals surface area contributed by atoms with E-state index in [9.17, 15) is 19.2 Å². The SMILES string of the molecule is COc1cc(/C=C\c2cccc(N/C=C\C(=O)c3c[nH]c4ccccc34)c2)cc(OC)c1OC.COc1cc(/C=C\c2cccc(N/C=C\C(=O)c3cc(OC)c(OC)c(OC)c3)c2)cc(OC)c1OC.COc1cc(/C=C\c2cccc(N/C=C\C(=O)c3cn(C)c4ccccc34)c2)cc(OC)c1OC.COc1ccc(C(=O)/C=C\Nc2cccc(/C=C\c3cc(OC)c(OC)c(OC)c3)c2)cc1N. The van der Waals surface area contributed by atoms with Gasteiger partial charge >= 0.3 is 0 Å². The Morgan fingerprint density at radius 1 is 0.271 bits per heavy atom. The number of anilines is 5. The van der Waals surface area contributed by atoms with Crippen LogP contribution in [0.5, 0.6) is 92.0 Å². The van der Waals surface area contributed by atoms with E-state index in [1.165, 1.54) is 46.7 Å². The highest BCUT2D eigenvalue weighted by molar-refractivity contribution is 6.14. The molecule has 2 heterocycles. The largest absolute Gasteiger partial charge is 0.495 e. The first kappa shape index (κ1) is 103. The quantitative estimate of drug-likeness (QED) is 0.00899. The molecule has 720 valence electrons. The van der Waals surface area contributed by atoms with Crippen molar-refractivity contribution in [3.8, 4) is 92.0 Å². The predicted molar refractivity (Wildman–Crippen MR) is 559 cm³/mol. The monoisotopic (exact) mass is 1890 g/mol. The van der Waals surface area contributed by atoms with Crippen LogP contribution in [-0.2, 0) is 7.05 Å². The number of para-hydroxylation sites is 2. The van der Waals surface area contributed by atoms with Gasteiger partial charge in [0.2, 0.25) is 28.7 Å². The lowest BCUT2D eigenvalue weighted by Crippen LogP contribution is -2.01. The zero-order valence-electron chi connectivity index (χ0n) is 80.9. The van der Waals surface area contributed by atoms with Crippen molar-refractivity contribution >= 4 is 122 Å². The number of allylic oxidation sites excluding steroid dienone is 4. The normalized spacial score (nSPS) is 11.1. The number of benzene rings is 12. The van der Waals surface area contributed by atoms with Gasteiger partial charge in [-0.05, 0) is 184 Å². The molecular formula is C113H113N7O20. The van der Waals surface area contributed by atoms with Gasteiger partial charge in [-0.2, -0.15) is 0 Å². The lowest BCUT2D eigenvalue weighted by Gasteiger charge is -2.13. The molecule has 0 saturated carbocycles. The second-order valence-corrected chi connectivity index (χ2v) is 30.3. The van der Waals surface area contributed by atoms with E-state index in [0.29, 0.717) is 120 Å². The number of rotatable bonds is 40. The Bertz CT molecular complexity index is 6810. The van der Waals surface area contributed by atoms with E-state index >= 15 is 0 Å². The molecule has 14 aromatic rings. The number of aromatic amines is 1.